The number of aromatic nitrogens is 1. The van der Waals surface area contributed by atoms with Crippen molar-refractivity contribution in [3.05, 3.63) is 59.5 Å². The minimum Gasteiger partial charge on any atom is -0.376 e. The topological polar surface area (TPSA) is 71.5 Å². The summed E-state index contributed by atoms with van der Waals surface area (Å²) >= 11 is 0. The number of pyridine rings is 1. The highest BCUT2D eigenvalue weighted by Crippen LogP contribution is 2.21. The number of hydrogen-bond donors (Lipinski definition) is 1. The standard InChI is InChI=1S/C20H26FN3O3S/c1-2-18-7-5-9-20(22-18)23-28(25,26)24-12-10-16(11-13-24)14-27-15-17-6-3-4-8-19(17)21/h3-9,16H,2,10-15H2,1H3,(H,22,23). The molecule has 1 aliphatic rings. The fourth-order valence-electron chi connectivity index (χ4n) is 3.20. The summed E-state index contributed by atoms with van der Waals surface area (Å²) in [6.45, 7) is 3.55. The van der Waals surface area contributed by atoms with Gasteiger partial charge in [-0.05, 0) is 43.4 Å². The van der Waals surface area contributed by atoms with E-state index >= 15 is 0 Å². The number of nitrogens with one attached hydrogen (secondary N) is 1. The Kier molecular flexibility index (Phi) is 6.98. The van der Waals surface area contributed by atoms with E-state index in [1.807, 2.05) is 13.0 Å². The van der Waals surface area contributed by atoms with Crippen LogP contribution in [0.15, 0.2) is 42.5 Å². The highest BCUT2D eigenvalue weighted by atomic mass is 32.2. The predicted molar refractivity (Wildman–Crippen MR) is 107 cm³/mol. The molecule has 0 bridgehead atoms. The van der Waals surface area contributed by atoms with Gasteiger partial charge in [-0.1, -0.05) is 31.2 Å². The van der Waals surface area contributed by atoms with Gasteiger partial charge in [0.05, 0.1) is 6.61 Å². The van der Waals surface area contributed by atoms with Crippen molar-refractivity contribution >= 4 is 16.0 Å². The molecule has 0 atom stereocenters. The van der Waals surface area contributed by atoms with Gasteiger partial charge in [0.15, 0.2) is 0 Å². The Morgan fingerprint density at radius 2 is 1.93 bits per heavy atom. The van der Waals surface area contributed by atoms with Crippen LogP contribution >= 0.6 is 0 Å². The maximum Gasteiger partial charge on any atom is 0.302 e. The summed E-state index contributed by atoms with van der Waals surface area (Å²) in [6, 6.07) is 11.9. The van der Waals surface area contributed by atoms with E-state index in [1.165, 1.54) is 10.4 Å². The zero-order valence-electron chi connectivity index (χ0n) is 16.0. The first-order valence-corrected chi connectivity index (χ1v) is 11.0. The summed E-state index contributed by atoms with van der Waals surface area (Å²) in [5, 5.41) is 0. The molecule has 1 N–H and O–H groups in total. The molecule has 0 saturated carbocycles. The van der Waals surface area contributed by atoms with Crippen LogP contribution in [0.25, 0.3) is 0 Å². The van der Waals surface area contributed by atoms with Crippen LogP contribution < -0.4 is 4.72 Å². The normalized spacial score (nSPS) is 16.2. The maximum absolute atomic E-state index is 13.6. The van der Waals surface area contributed by atoms with Crippen molar-refractivity contribution in [2.75, 3.05) is 24.4 Å². The van der Waals surface area contributed by atoms with Crippen molar-refractivity contribution in [2.45, 2.75) is 32.8 Å². The molecule has 28 heavy (non-hydrogen) atoms. The fourth-order valence-corrected chi connectivity index (χ4v) is 4.40. The molecular formula is C20H26FN3O3S. The molecule has 1 saturated heterocycles. The third kappa shape index (κ3) is 5.50. The Morgan fingerprint density at radius 1 is 1.18 bits per heavy atom. The minimum atomic E-state index is -3.62. The molecule has 2 aromatic rings. The smallest absolute Gasteiger partial charge is 0.302 e. The number of benzene rings is 1. The molecule has 8 heteroatoms. The molecule has 1 aromatic heterocycles. The molecule has 1 fully saturated rings. The van der Waals surface area contributed by atoms with E-state index in [-0.39, 0.29) is 18.3 Å². The van der Waals surface area contributed by atoms with E-state index in [0.717, 1.165) is 12.1 Å². The molecule has 1 aliphatic heterocycles. The van der Waals surface area contributed by atoms with E-state index in [0.29, 0.717) is 43.9 Å². The average molecular weight is 408 g/mol. The van der Waals surface area contributed by atoms with Gasteiger partial charge in [-0.2, -0.15) is 12.7 Å². The summed E-state index contributed by atoms with van der Waals surface area (Å²) in [6.07, 6.45) is 2.16. The quantitative estimate of drug-likeness (QED) is 0.728. The number of hydrogen-bond acceptors (Lipinski definition) is 4. The van der Waals surface area contributed by atoms with E-state index in [1.54, 1.807) is 30.3 Å². The largest absolute Gasteiger partial charge is 0.376 e. The lowest BCUT2D eigenvalue weighted by molar-refractivity contribution is 0.0673. The van der Waals surface area contributed by atoms with Crippen LogP contribution in [0.3, 0.4) is 0 Å². The Hall–Kier alpha value is -2.03. The van der Waals surface area contributed by atoms with Gasteiger partial charge in [0.2, 0.25) is 0 Å². The molecule has 6 nitrogen and oxygen atoms in total. The van der Waals surface area contributed by atoms with Gasteiger partial charge in [0.25, 0.3) is 0 Å². The molecule has 3 rings (SSSR count). The maximum atomic E-state index is 13.6. The Morgan fingerprint density at radius 3 is 2.64 bits per heavy atom. The van der Waals surface area contributed by atoms with Crippen molar-refractivity contribution in [2.24, 2.45) is 5.92 Å². The number of anilines is 1. The third-order valence-electron chi connectivity index (χ3n) is 4.88. The SMILES string of the molecule is CCc1cccc(NS(=O)(=O)N2CCC(COCc3ccccc3F)CC2)n1. The zero-order chi connectivity index (χ0) is 20.0. The molecule has 0 amide bonds. The Labute approximate surface area is 165 Å². The molecular weight excluding hydrogens is 381 g/mol. The summed E-state index contributed by atoms with van der Waals surface area (Å²) in [5.74, 6) is 0.338. The van der Waals surface area contributed by atoms with Gasteiger partial charge >= 0.3 is 10.2 Å². The number of aryl methyl sites for hydroxylation is 1. The first-order chi connectivity index (χ1) is 13.5. The molecule has 0 spiro atoms. The summed E-state index contributed by atoms with van der Waals surface area (Å²) in [4.78, 5) is 4.30. The Balaban J connectivity index is 1.46. The predicted octanol–water partition coefficient (Wildman–Crippen LogP) is 3.37. The molecule has 0 unspecified atom stereocenters. The number of nitrogens with zero attached hydrogens (tertiary/aromatic N) is 2. The van der Waals surface area contributed by atoms with Crippen molar-refractivity contribution in [1.29, 1.82) is 0 Å². The van der Waals surface area contributed by atoms with Crippen molar-refractivity contribution in [3.8, 4) is 0 Å². The van der Waals surface area contributed by atoms with Crippen molar-refractivity contribution in [1.82, 2.24) is 9.29 Å². The molecule has 152 valence electrons. The molecule has 1 aromatic carbocycles. The van der Waals surface area contributed by atoms with E-state index in [9.17, 15) is 12.8 Å². The number of ether oxygens (including phenoxy) is 1. The van der Waals surface area contributed by atoms with E-state index < -0.39 is 10.2 Å². The molecule has 0 radical (unpaired) electrons. The van der Waals surface area contributed by atoms with Crippen LogP contribution in [0, 0.1) is 11.7 Å². The number of halogens is 1. The van der Waals surface area contributed by atoms with Crippen LogP contribution in [0.1, 0.15) is 31.0 Å². The average Bonchev–Trinajstić information content (AvgIpc) is 2.70. The monoisotopic (exact) mass is 407 g/mol. The van der Waals surface area contributed by atoms with Gasteiger partial charge in [0.1, 0.15) is 11.6 Å². The highest BCUT2D eigenvalue weighted by Gasteiger charge is 2.28. The lowest BCUT2D eigenvalue weighted by Gasteiger charge is -2.31. The van der Waals surface area contributed by atoms with Gasteiger partial charge in [0, 0.05) is 31.0 Å². The molecule has 0 aliphatic carbocycles. The van der Waals surface area contributed by atoms with Crippen LogP contribution in [0.2, 0.25) is 0 Å². The van der Waals surface area contributed by atoms with Crippen LogP contribution in [0.5, 0.6) is 0 Å². The lowest BCUT2D eigenvalue weighted by Crippen LogP contribution is -2.42. The molecule has 2 heterocycles. The van der Waals surface area contributed by atoms with Gasteiger partial charge in [-0.25, -0.2) is 9.37 Å². The first-order valence-electron chi connectivity index (χ1n) is 9.53. The number of rotatable bonds is 8. The second-order valence-electron chi connectivity index (χ2n) is 6.92. The second kappa shape index (κ2) is 9.45. The van der Waals surface area contributed by atoms with E-state index in [2.05, 4.69) is 9.71 Å². The van der Waals surface area contributed by atoms with Crippen LogP contribution in [-0.4, -0.2) is 37.4 Å². The van der Waals surface area contributed by atoms with Gasteiger partial charge in [-0.3, -0.25) is 4.72 Å². The first kappa shape index (κ1) is 20.7. The van der Waals surface area contributed by atoms with E-state index in [4.69, 9.17) is 4.74 Å². The van der Waals surface area contributed by atoms with Crippen LogP contribution in [0.4, 0.5) is 10.2 Å². The van der Waals surface area contributed by atoms with Crippen LogP contribution in [-0.2, 0) is 28.0 Å². The van der Waals surface area contributed by atoms with Gasteiger partial charge < -0.3 is 4.74 Å². The zero-order valence-corrected chi connectivity index (χ0v) is 16.8. The summed E-state index contributed by atoms with van der Waals surface area (Å²) in [5.41, 5.74) is 1.37. The minimum absolute atomic E-state index is 0.228. The fraction of sp³-hybridized carbons (Fsp3) is 0.450. The van der Waals surface area contributed by atoms with Crippen molar-refractivity contribution in [3.63, 3.8) is 0 Å². The third-order valence-corrected chi connectivity index (χ3v) is 6.40. The van der Waals surface area contributed by atoms with Gasteiger partial charge in [-0.15, -0.1) is 0 Å². The Bertz CT molecular complexity index is 884. The summed E-state index contributed by atoms with van der Waals surface area (Å²) in [7, 11) is -3.62. The number of piperidine rings is 1. The second-order valence-corrected chi connectivity index (χ2v) is 8.59. The summed E-state index contributed by atoms with van der Waals surface area (Å²) < 4.78 is 48.5. The lowest BCUT2D eigenvalue weighted by atomic mass is 9.99. The van der Waals surface area contributed by atoms with Crippen molar-refractivity contribution < 1.29 is 17.5 Å². The highest BCUT2D eigenvalue weighted by molar-refractivity contribution is 7.90.